The fourth-order valence-electron chi connectivity index (χ4n) is 1.76. The van der Waals surface area contributed by atoms with Gasteiger partial charge < -0.3 is 4.74 Å². The van der Waals surface area contributed by atoms with Crippen LogP contribution in [0.2, 0.25) is 0 Å². The maximum atomic E-state index is 11.5. The van der Waals surface area contributed by atoms with Crippen molar-refractivity contribution in [1.82, 2.24) is 9.78 Å². The van der Waals surface area contributed by atoms with Gasteiger partial charge in [-0.05, 0) is 24.6 Å². The molecule has 6 nitrogen and oxygen atoms in total. The van der Waals surface area contributed by atoms with E-state index in [-0.39, 0.29) is 5.97 Å². The molecule has 0 atom stereocenters. The van der Waals surface area contributed by atoms with Crippen LogP contribution in [0.15, 0.2) is 41.7 Å². The molecule has 0 fully saturated rings. The van der Waals surface area contributed by atoms with E-state index in [1.54, 1.807) is 17.8 Å². The fourth-order valence-corrected chi connectivity index (χ4v) is 1.76. The molecule has 0 radical (unpaired) electrons. The van der Waals surface area contributed by atoms with Crippen LogP contribution in [0.25, 0.3) is 0 Å². The van der Waals surface area contributed by atoms with E-state index in [0.29, 0.717) is 30.7 Å². The molecule has 0 aliphatic rings. The Morgan fingerprint density at radius 2 is 2.14 bits per heavy atom. The van der Waals surface area contributed by atoms with Gasteiger partial charge in [-0.1, -0.05) is 12.1 Å². The van der Waals surface area contributed by atoms with Gasteiger partial charge in [-0.3, -0.25) is 14.5 Å². The van der Waals surface area contributed by atoms with E-state index in [9.17, 15) is 9.59 Å². The van der Waals surface area contributed by atoms with Gasteiger partial charge in [-0.15, -0.1) is 0 Å². The summed E-state index contributed by atoms with van der Waals surface area (Å²) in [6, 6.07) is 7.41. The third kappa shape index (κ3) is 4.10. The number of carbonyl (C=O) groups excluding carboxylic acids is 2. The highest BCUT2D eigenvalue weighted by atomic mass is 16.5. The number of aromatic nitrogens is 2. The zero-order valence-corrected chi connectivity index (χ0v) is 11.6. The molecule has 1 aromatic carbocycles. The van der Waals surface area contributed by atoms with E-state index in [0.717, 1.165) is 5.56 Å². The predicted octanol–water partition coefficient (Wildman–Crippen LogP) is 2.01. The van der Waals surface area contributed by atoms with Gasteiger partial charge in [0, 0.05) is 6.20 Å². The lowest BCUT2D eigenvalue weighted by atomic mass is 10.2. The van der Waals surface area contributed by atoms with Crippen LogP contribution in [0.1, 0.15) is 22.8 Å². The van der Waals surface area contributed by atoms with Crippen LogP contribution >= 0.6 is 0 Å². The van der Waals surface area contributed by atoms with Crippen molar-refractivity contribution in [2.75, 3.05) is 6.61 Å². The SMILES string of the molecule is CCOC(=O)c1cnn(Cc2ccc(N=CC=O)cc2)c1. The van der Waals surface area contributed by atoms with Crippen molar-refractivity contribution in [2.45, 2.75) is 13.5 Å². The minimum atomic E-state index is -0.373. The first-order chi connectivity index (χ1) is 10.2. The number of aliphatic imine (C=N–C) groups is 1. The van der Waals surface area contributed by atoms with Crippen molar-refractivity contribution in [3.63, 3.8) is 0 Å². The van der Waals surface area contributed by atoms with Gasteiger partial charge in [-0.2, -0.15) is 5.10 Å². The number of nitrogens with zero attached hydrogens (tertiary/aromatic N) is 3. The van der Waals surface area contributed by atoms with Crippen molar-refractivity contribution >= 4 is 24.2 Å². The van der Waals surface area contributed by atoms with Gasteiger partial charge in [0.05, 0.1) is 36.8 Å². The smallest absolute Gasteiger partial charge is 0.341 e. The Hall–Kier alpha value is -2.76. The van der Waals surface area contributed by atoms with E-state index < -0.39 is 0 Å². The number of ether oxygens (including phenoxy) is 1. The third-order valence-electron chi connectivity index (χ3n) is 2.71. The Morgan fingerprint density at radius 3 is 2.81 bits per heavy atom. The Morgan fingerprint density at radius 1 is 1.38 bits per heavy atom. The Kier molecular flexibility index (Phi) is 4.98. The highest BCUT2D eigenvalue weighted by Crippen LogP contribution is 2.13. The monoisotopic (exact) mass is 285 g/mol. The third-order valence-corrected chi connectivity index (χ3v) is 2.71. The maximum absolute atomic E-state index is 11.5. The molecule has 1 aromatic heterocycles. The molecular formula is C15H15N3O3. The number of esters is 1. The lowest BCUT2D eigenvalue weighted by molar-refractivity contribution is -0.102. The van der Waals surface area contributed by atoms with Gasteiger partial charge in [0.25, 0.3) is 0 Å². The summed E-state index contributed by atoms with van der Waals surface area (Å²) in [7, 11) is 0. The van der Waals surface area contributed by atoms with Crippen molar-refractivity contribution in [2.24, 2.45) is 4.99 Å². The predicted molar refractivity (Wildman–Crippen MR) is 77.9 cm³/mol. The quantitative estimate of drug-likeness (QED) is 0.462. The second kappa shape index (κ2) is 7.14. The first-order valence-corrected chi connectivity index (χ1v) is 6.49. The summed E-state index contributed by atoms with van der Waals surface area (Å²) in [5.74, 6) is -0.373. The highest BCUT2D eigenvalue weighted by Gasteiger charge is 2.09. The Balaban J connectivity index is 2.03. The summed E-state index contributed by atoms with van der Waals surface area (Å²) >= 11 is 0. The van der Waals surface area contributed by atoms with Gasteiger partial charge in [0.15, 0.2) is 6.29 Å². The topological polar surface area (TPSA) is 73.5 Å². The van der Waals surface area contributed by atoms with Gasteiger partial charge >= 0.3 is 5.97 Å². The van der Waals surface area contributed by atoms with Crippen molar-refractivity contribution in [3.8, 4) is 0 Å². The van der Waals surface area contributed by atoms with Crippen molar-refractivity contribution < 1.29 is 14.3 Å². The second-order valence-corrected chi connectivity index (χ2v) is 4.23. The van der Waals surface area contributed by atoms with E-state index in [4.69, 9.17) is 4.74 Å². The summed E-state index contributed by atoms with van der Waals surface area (Å²) in [5, 5.41) is 4.13. The lowest BCUT2D eigenvalue weighted by Crippen LogP contribution is -2.04. The summed E-state index contributed by atoms with van der Waals surface area (Å²) in [5.41, 5.74) is 2.15. The number of rotatable bonds is 6. The number of benzene rings is 1. The average Bonchev–Trinajstić information content (AvgIpc) is 2.95. The minimum Gasteiger partial charge on any atom is -0.462 e. The zero-order valence-electron chi connectivity index (χ0n) is 11.6. The highest BCUT2D eigenvalue weighted by molar-refractivity contribution is 6.13. The molecule has 108 valence electrons. The molecule has 0 aliphatic heterocycles. The second-order valence-electron chi connectivity index (χ2n) is 4.23. The lowest BCUT2D eigenvalue weighted by Gasteiger charge is -2.02. The van der Waals surface area contributed by atoms with E-state index in [2.05, 4.69) is 10.1 Å². The zero-order chi connectivity index (χ0) is 15.1. The molecule has 0 aliphatic carbocycles. The number of aldehydes is 1. The summed E-state index contributed by atoms with van der Waals surface area (Å²) in [4.78, 5) is 25.7. The molecule has 0 spiro atoms. The summed E-state index contributed by atoms with van der Waals surface area (Å²) < 4.78 is 6.57. The molecule has 0 N–H and O–H groups in total. The van der Waals surface area contributed by atoms with Crippen LogP contribution < -0.4 is 0 Å². The molecular weight excluding hydrogens is 270 g/mol. The van der Waals surface area contributed by atoms with E-state index in [1.165, 1.54) is 12.4 Å². The summed E-state index contributed by atoms with van der Waals surface area (Å²) in [6.07, 6.45) is 4.97. The van der Waals surface area contributed by atoms with Gasteiger partial charge in [-0.25, -0.2) is 4.79 Å². The molecule has 2 aromatic rings. The van der Waals surface area contributed by atoms with Gasteiger partial charge in [0.1, 0.15) is 0 Å². The Labute approximate surface area is 122 Å². The average molecular weight is 285 g/mol. The Bertz CT molecular complexity index is 644. The number of hydrogen-bond acceptors (Lipinski definition) is 5. The molecule has 21 heavy (non-hydrogen) atoms. The van der Waals surface area contributed by atoms with Crippen LogP contribution in [0.4, 0.5) is 5.69 Å². The molecule has 0 saturated heterocycles. The van der Waals surface area contributed by atoms with E-state index in [1.807, 2.05) is 24.3 Å². The minimum absolute atomic E-state index is 0.340. The normalized spacial score (nSPS) is 10.7. The molecule has 0 unspecified atom stereocenters. The van der Waals surface area contributed by atoms with Crippen LogP contribution in [-0.4, -0.2) is 34.9 Å². The number of hydrogen-bond donors (Lipinski definition) is 0. The number of carbonyl (C=O) groups is 2. The standard InChI is InChI=1S/C15H15N3O3/c1-2-21-15(20)13-9-17-18(11-13)10-12-3-5-14(6-4-12)16-7-8-19/h3-9,11H,2,10H2,1H3. The van der Waals surface area contributed by atoms with Crippen LogP contribution in [-0.2, 0) is 16.1 Å². The molecule has 1 heterocycles. The van der Waals surface area contributed by atoms with Crippen LogP contribution in [0.3, 0.4) is 0 Å². The first kappa shape index (κ1) is 14.6. The largest absolute Gasteiger partial charge is 0.462 e. The molecule has 6 heteroatoms. The first-order valence-electron chi connectivity index (χ1n) is 6.49. The molecule has 2 rings (SSSR count). The van der Waals surface area contributed by atoms with Crippen molar-refractivity contribution in [3.05, 3.63) is 47.8 Å². The van der Waals surface area contributed by atoms with Crippen LogP contribution in [0.5, 0.6) is 0 Å². The summed E-state index contributed by atoms with van der Waals surface area (Å²) in [6.45, 7) is 2.64. The van der Waals surface area contributed by atoms with Gasteiger partial charge in [0.2, 0.25) is 0 Å². The maximum Gasteiger partial charge on any atom is 0.341 e. The van der Waals surface area contributed by atoms with Crippen molar-refractivity contribution in [1.29, 1.82) is 0 Å². The molecule has 0 saturated carbocycles. The van der Waals surface area contributed by atoms with Crippen LogP contribution in [0, 0.1) is 0 Å². The fraction of sp³-hybridized carbons (Fsp3) is 0.200. The molecule has 0 amide bonds. The molecule has 0 bridgehead atoms. The van der Waals surface area contributed by atoms with E-state index >= 15 is 0 Å².